The average molecular weight is 365 g/mol. The quantitative estimate of drug-likeness (QED) is 0.721. The van der Waals surface area contributed by atoms with Crippen LogP contribution in [0.25, 0.3) is 6.08 Å². The highest BCUT2D eigenvalue weighted by atomic mass is 32.2. The number of methoxy groups -OCH3 is 2. The van der Waals surface area contributed by atoms with Gasteiger partial charge in [0.1, 0.15) is 5.25 Å². The molecular weight excluding hydrogens is 342 g/mol. The lowest BCUT2D eigenvalue weighted by atomic mass is 10.2. The van der Waals surface area contributed by atoms with Crippen molar-refractivity contribution in [1.82, 2.24) is 4.90 Å². The number of ether oxygens (including phenoxy) is 3. The molecule has 1 heterocycles. The van der Waals surface area contributed by atoms with Gasteiger partial charge in [0.15, 0.2) is 18.1 Å². The fourth-order valence-electron chi connectivity index (χ4n) is 2.48. The first kappa shape index (κ1) is 19.2. The summed E-state index contributed by atoms with van der Waals surface area (Å²) < 4.78 is 15.7. The van der Waals surface area contributed by atoms with Gasteiger partial charge in [-0.15, -0.1) is 11.8 Å². The normalized spacial score (nSPS) is 17.4. The van der Waals surface area contributed by atoms with Gasteiger partial charge in [-0.1, -0.05) is 18.2 Å². The van der Waals surface area contributed by atoms with Crippen LogP contribution >= 0.6 is 11.8 Å². The number of hydrogen-bond acceptors (Lipinski definition) is 6. The molecule has 1 aromatic carbocycles. The molecule has 1 saturated heterocycles. The summed E-state index contributed by atoms with van der Waals surface area (Å²) in [7, 11) is 2.92. The van der Waals surface area contributed by atoms with Crippen molar-refractivity contribution < 1.29 is 23.8 Å². The molecule has 0 unspecified atom stereocenters. The van der Waals surface area contributed by atoms with E-state index in [2.05, 4.69) is 0 Å². The second-order valence-electron chi connectivity index (χ2n) is 5.42. The lowest BCUT2D eigenvalue weighted by Crippen LogP contribution is -2.46. The van der Waals surface area contributed by atoms with Crippen molar-refractivity contribution in [1.29, 1.82) is 0 Å². The smallest absolute Gasteiger partial charge is 0.320 e. The van der Waals surface area contributed by atoms with Gasteiger partial charge in [-0.25, -0.2) is 0 Å². The van der Waals surface area contributed by atoms with Gasteiger partial charge in [0.2, 0.25) is 0 Å². The van der Waals surface area contributed by atoms with Gasteiger partial charge in [-0.2, -0.15) is 0 Å². The van der Waals surface area contributed by atoms with Gasteiger partial charge in [-0.05, 0) is 24.6 Å². The zero-order valence-electron chi connectivity index (χ0n) is 14.7. The summed E-state index contributed by atoms with van der Waals surface area (Å²) in [5.41, 5.74) is 0.993. The van der Waals surface area contributed by atoms with Crippen LogP contribution in [0, 0.1) is 0 Å². The summed E-state index contributed by atoms with van der Waals surface area (Å²) in [6, 6.07) is 5.53. The number of benzene rings is 1. The summed E-state index contributed by atoms with van der Waals surface area (Å²) in [5, 5.41) is -0.336. The van der Waals surface area contributed by atoms with Crippen LogP contribution in [0.15, 0.2) is 24.3 Å². The number of amides is 1. The van der Waals surface area contributed by atoms with E-state index in [0.717, 1.165) is 5.56 Å². The molecule has 25 heavy (non-hydrogen) atoms. The number of hydrogen-bond donors (Lipinski definition) is 0. The molecule has 1 aliphatic heterocycles. The minimum atomic E-state index is -0.336. The lowest BCUT2D eigenvalue weighted by molar-refractivity contribution is -0.141. The molecule has 7 heteroatoms. The molecule has 0 N–H and O–H groups in total. The molecule has 0 aromatic heterocycles. The van der Waals surface area contributed by atoms with Crippen LogP contribution in [0.1, 0.15) is 12.5 Å². The predicted octanol–water partition coefficient (Wildman–Crippen LogP) is 2.22. The van der Waals surface area contributed by atoms with Gasteiger partial charge in [0.25, 0.3) is 5.91 Å². The van der Waals surface area contributed by atoms with Crippen molar-refractivity contribution in [2.75, 3.05) is 39.7 Å². The minimum Gasteiger partial charge on any atom is -0.493 e. The summed E-state index contributed by atoms with van der Waals surface area (Å²) >= 11 is 1.51. The van der Waals surface area contributed by atoms with Crippen LogP contribution in [0.2, 0.25) is 0 Å². The summed E-state index contributed by atoms with van der Waals surface area (Å²) in [5.74, 6) is 1.33. The highest BCUT2D eigenvalue weighted by Gasteiger charge is 2.29. The molecule has 136 valence electrons. The molecule has 1 amide bonds. The molecule has 1 aliphatic rings. The van der Waals surface area contributed by atoms with E-state index in [1.54, 1.807) is 18.1 Å². The second-order valence-corrected chi connectivity index (χ2v) is 6.73. The van der Waals surface area contributed by atoms with Gasteiger partial charge in [0.05, 0.1) is 14.2 Å². The zero-order valence-corrected chi connectivity index (χ0v) is 15.5. The summed E-state index contributed by atoms with van der Waals surface area (Å²) in [4.78, 5) is 25.7. The molecular formula is C18H23NO5S. The Labute approximate surface area is 152 Å². The maximum Gasteiger partial charge on any atom is 0.320 e. The van der Waals surface area contributed by atoms with Gasteiger partial charge >= 0.3 is 5.97 Å². The third-order valence-corrected chi connectivity index (χ3v) is 4.94. The Hall–Kier alpha value is -2.15. The fraction of sp³-hybridized carbons (Fsp3) is 0.444. The Kier molecular flexibility index (Phi) is 7.18. The molecule has 0 radical (unpaired) electrons. The fourth-order valence-corrected chi connectivity index (χ4v) is 3.61. The van der Waals surface area contributed by atoms with Crippen molar-refractivity contribution in [2.24, 2.45) is 0 Å². The van der Waals surface area contributed by atoms with Crippen LogP contribution in [-0.4, -0.2) is 61.7 Å². The highest BCUT2D eigenvalue weighted by Crippen LogP contribution is 2.29. The van der Waals surface area contributed by atoms with Gasteiger partial charge < -0.3 is 19.1 Å². The largest absolute Gasteiger partial charge is 0.493 e. The lowest BCUT2D eigenvalue weighted by Gasteiger charge is -2.30. The van der Waals surface area contributed by atoms with Crippen LogP contribution in [0.5, 0.6) is 11.5 Å². The third kappa shape index (κ3) is 5.16. The SMILES string of the molecule is C/C=C/c1ccc(OCC(=O)N2CCS[C@H](C(=O)OC)C2)c(OC)c1. The molecule has 2 rings (SSSR count). The number of allylic oxidation sites excluding steroid dienone is 1. The highest BCUT2D eigenvalue weighted by molar-refractivity contribution is 8.00. The number of carbonyl (C=O) groups excluding carboxylic acids is 2. The standard InChI is InChI=1S/C18H23NO5S/c1-4-5-13-6-7-14(15(10-13)22-2)24-12-17(20)19-8-9-25-16(11-19)18(21)23-3/h4-7,10,16H,8-9,11-12H2,1-3H3/b5-4+/t16-/m0/s1. The Morgan fingerprint density at radius 3 is 2.80 bits per heavy atom. The van der Waals surface area contributed by atoms with Crippen molar-refractivity contribution >= 4 is 29.7 Å². The van der Waals surface area contributed by atoms with Crippen LogP contribution in [0.4, 0.5) is 0 Å². The number of nitrogens with zero attached hydrogens (tertiary/aromatic N) is 1. The number of thioether (sulfide) groups is 1. The van der Waals surface area contributed by atoms with E-state index in [9.17, 15) is 9.59 Å². The van der Waals surface area contributed by atoms with Gasteiger partial charge in [-0.3, -0.25) is 9.59 Å². The Morgan fingerprint density at radius 2 is 2.12 bits per heavy atom. The summed E-state index contributed by atoms with van der Waals surface area (Å²) in [6.07, 6.45) is 3.89. The average Bonchev–Trinajstić information content (AvgIpc) is 2.66. The Morgan fingerprint density at radius 1 is 1.32 bits per heavy atom. The van der Waals surface area contributed by atoms with E-state index in [-0.39, 0.29) is 23.7 Å². The maximum atomic E-state index is 12.4. The van der Waals surface area contributed by atoms with E-state index in [1.807, 2.05) is 31.2 Å². The van der Waals surface area contributed by atoms with E-state index in [4.69, 9.17) is 14.2 Å². The van der Waals surface area contributed by atoms with Crippen LogP contribution < -0.4 is 9.47 Å². The Bertz CT molecular complexity index is 646. The number of carbonyl (C=O) groups is 2. The molecule has 1 aromatic rings. The van der Waals surface area contributed by atoms with Crippen molar-refractivity contribution in [2.45, 2.75) is 12.2 Å². The molecule has 6 nitrogen and oxygen atoms in total. The van der Waals surface area contributed by atoms with E-state index >= 15 is 0 Å². The zero-order chi connectivity index (χ0) is 18.2. The second kappa shape index (κ2) is 9.36. The molecule has 1 atom stereocenters. The Balaban J connectivity index is 1.96. The molecule has 0 aliphatic carbocycles. The monoisotopic (exact) mass is 365 g/mol. The van der Waals surface area contributed by atoms with Crippen molar-refractivity contribution in [3.63, 3.8) is 0 Å². The van der Waals surface area contributed by atoms with Crippen molar-refractivity contribution in [3.8, 4) is 11.5 Å². The minimum absolute atomic E-state index is 0.0993. The van der Waals surface area contributed by atoms with E-state index in [0.29, 0.717) is 30.3 Å². The molecule has 0 spiro atoms. The molecule has 1 fully saturated rings. The van der Waals surface area contributed by atoms with E-state index in [1.165, 1.54) is 18.9 Å². The first-order chi connectivity index (χ1) is 12.1. The number of rotatable bonds is 6. The predicted molar refractivity (Wildman–Crippen MR) is 98.0 cm³/mol. The van der Waals surface area contributed by atoms with Crippen molar-refractivity contribution in [3.05, 3.63) is 29.8 Å². The molecule has 0 bridgehead atoms. The molecule has 0 saturated carbocycles. The van der Waals surface area contributed by atoms with Crippen LogP contribution in [0.3, 0.4) is 0 Å². The first-order valence-corrected chi connectivity index (χ1v) is 9.04. The first-order valence-electron chi connectivity index (χ1n) is 7.99. The van der Waals surface area contributed by atoms with Gasteiger partial charge in [0, 0.05) is 18.8 Å². The summed E-state index contributed by atoms with van der Waals surface area (Å²) in [6.45, 7) is 2.78. The maximum absolute atomic E-state index is 12.4. The van der Waals surface area contributed by atoms with E-state index < -0.39 is 0 Å². The topological polar surface area (TPSA) is 65.1 Å². The third-order valence-electron chi connectivity index (χ3n) is 3.78. The van der Waals surface area contributed by atoms with Crippen LogP contribution in [-0.2, 0) is 14.3 Å². The number of esters is 1.